The summed E-state index contributed by atoms with van der Waals surface area (Å²) in [7, 11) is 0. The van der Waals surface area contributed by atoms with Gasteiger partial charge in [0.05, 0.1) is 6.20 Å². The van der Waals surface area contributed by atoms with Crippen LogP contribution in [0.4, 0.5) is 15.6 Å². The minimum atomic E-state index is -0.191. The van der Waals surface area contributed by atoms with E-state index in [4.69, 9.17) is 23.2 Å². The lowest BCUT2D eigenvalue weighted by atomic mass is 9.82. The van der Waals surface area contributed by atoms with Gasteiger partial charge in [-0.25, -0.2) is 9.78 Å². The number of fused-ring (bicyclic) bond motifs is 2. The second-order valence-corrected chi connectivity index (χ2v) is 7.95. The van der Waals surface area contributed by atoms with Gasteiger partial charge in [0.2, 0.25) is 0 Å². The van der Waals surface area contributed by atoms with E-state index in [0.717, 1.165) is 30.8 Å². The van der Waals surface area contributed by atoms with E-state index in [1.807, 2.05) is 18.2 Å². The lowest BCUT2D eigenvalue weighted by Crippen LogP contribution is -2.40. The van der Waals surface area contributed by atoms with Crippen molar-refractivity contribution in [2.75, 3.05) is 29.9 Å². The molecule has 2 amide bonds. The maximum Gasteiger partial charge on any atom is 0.328 e. The van der Waals surface area contributed by atoms with E-state index in [-0.39, 0.29) is 11.4 Å². The highest BCUT2D eigenvalue weighted by molar-refractivity contribution is 7.19. The number of nitrogens with zero attached hydrogens (tertiary/aromatic N) is 2. The Hall–Kier alpha value is -1.34. The van der Waals surface area contributed by atoms with Crippen LogP contribution in [0.1, 0.15) is 12.0 Å². The number of thiazole rings is 1. The lowest BCUT2D eigenvalue weighted by molar-refractivity contribution is 0.256. The third-order valence-corrected chi connectivity index (χ3v) is 5.73. The van der Waals surface area contributed by atoms with Gasteiger partial charge < -0.3 is 5.32 Å². The summed E-state index contributed by atoms with van der Waals surface area (Å²) in [5.41, 5.74) is 2.00. The number of anilines is 2. The number of rotatable bonds is 1. The minimum Gasteiger partial charge on any atom is -0.316 e. The highest BCUT2D eigenvalue weighted by Gasteiger charge is 2.46. The van der Waals surface area contributed by atoms with E-state index in [9.17, 15) is 4.79 Å². The third-order valence-electron chi connectivity index (χ3n) is 4.46. The van der Waals surface area contributed by atoms with E-state index in [0.29, 0.717) is 21.0 Å². The zero-order chi connectivity index (χ0) is 16.0. The molecule has 2 aliphatic heterocycles. The molecule has 2 N–H and O–H groups in total. The SMILES string of the molecule is O=C(Nc1ncc(Cl)s1)N1C[C@@]2(CCNC2)c2cc(Cl)ccc21. The van der Waals surface area contributed by atoms with E-state index < -0.39 is 0 Å². The van der Waals surface area contributed by atoms with Crippen molar-refractivity contribution in [3.8, 4) is 0 Å². The van der Waals surface area contributed by atoms with Crippen LogP contribution in [-0.4, -0.2) is 30.6 Å². The lowest BCUT2D eigenvalue weighted by Gasteiger charge is -2.23. The first kappa shape index (κ1) is 15.2. The number of amides is 2. The molecule has 1 spiro atoms. The molecular weight excluding hydrogens is 355 g/mol. The summed E-state index contributed by atoms with van der Waals surface area (Å²) in [6.45, 7) is 2.44. The number of aromatic nitrogens is 1. The predicted octanol–water partition coefficient (Wildman–Crippen LogP) is 3.73. The molecule has 1 fully saturated rings. The number of halogens is 2. The average Bonchev–Trinajstić information content (AvgIpc) is 3.22. The van der Waals surface area contributed by atoms with Crippen LogP contribution in [0.2, 0.25) is 9.36 Å². The zero-order valence-corrected chi connectivity index (χ0v) is 14.4. The molecule has 0 bridgehead atoms. The Morgan fingerprint density at radius 1 is 1.43 bits per heavy atom. The number of hydrogen-bond donors (Lipinski definition) is 2. The highest BCUT2D eigenvalue weighted by atomic mass is 35.5. The van der Waals surface area contributed by atoms with E-state index >= 15 is 0 Å². The Bertz CT molecular complexity index is 773. The molecule has 1 aromatic heterocycles. The first-order valence-corrected chi connectivity index (χ1v) is 8.85. The van der Waals surface area contributed by atoms with E-state index in [1.54, 1.807) is 4.90 Å². The van der Waals surface area contributed by atoms with Gasteiger partial charge in [-0.3, -0.25) is 10.2 Å². The topological polar surface area (TPSA) is 57.3 Å². The van der Waals surface area contributed by atoms with Crippen LogP contribution in [0.25, 0.3) is 0 Å². The Kier molecular flexibility index (Phi) is 3.72. The minimum absolute atomic E-state index is 0.0574. The van der Waals surface area contributed by atoms with Gasteiger partial charge in [-0.1, -0.05) is 34.5 Å². The van der Waals surface area contributed by atoms with Crippen LogP contribution in [0.15, 0.2) is 24.4 Å². The number of carbonyl (C=O) groups excluding carboxylic acids is 1. The van der Waals surface area contributed by atoms with Crippen LogP contribution < -0.4 is 15.5 Å². The van der Waals surface area contributed by atoms with Crippen molar-refractivity contribution in [1.82, 2.24) is 10.3 Å². The van der Waals surface area contributed by atoms with Crippen molar-refractivity contribution in [1.29, 1.82) is 0 Å². The summed E-state index contributed by atoms with van der Waals surface area (Å²) < 4.78 is 0.547. The van der Waals surface area contributed by atoms with Crippen LogP contribution in [0, 0.1) is 0 Å². The molecule has 2 aliphatic rings. The van der Waals surface area contributed by atoms with Crippen molar-refractivity contribution in [2.45, 2.75) is 11.8 Å². The van der Waals surface area contributed by atoms with Gasteiger partial charge in [-0.2, -0.15) is 0 Å². The largest absolute Gasteiger partial charge is 0.328 e. The Labute approximate surface area is 147 Å². The molecule has 120 valence electrons. The fourth-order valence-electron chi connectivity index (χ4n) is 3.40. The summed E-state index contributed by atoms with van der Waals surface area (Å²) >= 11 is 13.3. The number of benzene rings is 1. The van der Waals surface area contributed by atoms with Crippen molar-refractivity contribution in [2.24, 2.45) is 0 Å². The van der Waals surface area contributed by atoms with E-state index in [2.05, 4.69) is 15.6 Å². The summed E-state index contributed by atoms with van der Waals surface area (Å²) in [6, 6.07) is 5.53. The monoisotopic (exact) mass is 368 g/mol. The van der Waals surface area contributed by atoms with Crippen LogP contribution in [0.3, 0.4) is 0 Å². The van der Waals surface area contributed by atoms with Gasteiger partial charge in [0.1, 0.15) is 4.34 Å². The number of carbonyl (C=O) groups is 1. The molecule has 0 saturated carbocycles. The molecule has 0 radical (unpaired) electrons. The molecule has 2 aromatic rings. The van der Waals surface area contributed by atoms with Crippen molar-refractivity contribution in [3.05, 3.63) is 39.3 Å². The summed E-state index contributed by atoms with van der Waals surface area (Å²) in [4.78, 5) is 18.5. The smallest absolute Gasteiger partial charge is 0.316 e. The number of nitrogens with one attached hydrogen (secondary N) is 2. The summed E-state index contributed by atoms with van der Waals surface area (Å²) in [5, 5.41) is 7.42. The maximum absolute atomic E-state index is 12.7. The Balaban J connectivity index is 1.66. The zero-order valence-electron chi connectivity index (χ0n) is 12.1. The Morgan fingerprint density at radius 3 is 3.00 bits per heavy atom. The predicted molar refractivity (Wildman–Crippen MR) is 94.1 cm³/mol. The standard InChI is InChI=1S/C15H14Cl2N4OS/c16-9-1-2-11-10(5-9)15(3-4-18-7-15)8-21(11)14(22)20-13-19-6-12(17)23-13/h1-2,5-6,18H,3-4,7-8H2,(H,19,20,22)/t15-/m0/s1. The second-order valence-electron chi connectivity index (χ2n) is 5.85. The average molecular weight is 369 g/mol. The molecule has 23 heavy (non-hydrogen) atoms. The quantitative estimate of drug-likeness (QED) is 0.805. The molecule has 1 aromatic carbocycles. The fraction of sp³-hybridized carbons (Fsp3) is 0.333. The van der Waals surface area contributed by atoms with Gasteiger partial charge in [0.15, 0.2) is 5.13 Å². The van der Waals surface area contributed by atoms with Gasteiger partial charge >= 0.3 is 6.03 Å². The first-order chi connectivity index (χ1) is 11.1. The van der Waals surface area contributed by atoms with Gasteiger partial charge in [-0.15, -0.1) is 0 Å². The highest BCUT2D eigenvalue weighted by Crippen LogP contribution is 2.45. The van der Waals surface area contributed by atoms with Crippen LogP contribution >= 0.6 is 34.5 Å². The Morgan fingerprint density at radius 2 is 2.30 bits per heavy atom. The van der Waals surface area contributed by atoms with Crippen LogP contribution in [0.5, 0.6) is 0 Å². The molecule has 0 aliphatic carbocycles. The molecule has 4 rings (SSSR count). The molecule has 3 heterocycles. The van der Waals surface area contributed by atoms with Gasteiger partial charge in [0, 0.05) is 29.2 Å². The molecule has 1 saturated heterocycles. The van der Waals surface area contributed by atoms with Gasteiger partial charge in [-0.05, 0) is 36.7 Å². The molecule has 8 heteroatoms. The first-order valence-electron chi connectivity index (χ1n) is 7.28. The summed E-state index contributed by atoms with van der Waals surface area (Å²) in [5.74, 6) is 0. The number of hydrogen-bond acceptors (Lipinski definition) is 4. The van der Waals surface area contributed by atoms with Gasteiger partial charge in [0.25, 0.3) is 0 Å². The summed E-state index contributed by atoms with van der Waals surface area (Å²) in [6.07, 6.45) is 2.52. The maximum atomic E-state index is 12.7. The van der Waals surface area contributed by atoms with Crippen molar-refractivity contribution in [3.63, 3.8) is 0 Å². The number of urea groups is 1. The molecule has 5 nitrogen and oxygen atoms in total. The molecule has 1 atom stereocenters. The fourth-order valence-corrected chi connectivity index (χ4v) is 4.38. The van der Waals surface area contributed by atoms with Crippen molar-refractivity contribution < 1.29 is 4.79 Å². The van der Waals surface area contributed by atoms with Crippen molar-refractivity contribution >= 4 is 51.4 Å². The normalized spacial score (nSPS) is 22.6. The second kappa shape index (κ2) is 5.63. The van der Waals surface area contributed by atoms with E-state index in [1.165, 1.54) is 17.5 Å². The third kappa shape index (κ3) is 2.59. The molecule has 0 unspecified atom stereocenters. The molecular formula is C15H14Cl2N4OS. The van der Waals surface area contributed by atoms with Crippen LogP contribution in [-0.2, 0) is 5.41 Å².